The molecule has 5 heteroatoms. The van der Waals surface area contributed by atoms with E-state index in [2.05, 4.69) is 13.8 Å². The summed E-state index contributed by atoms with van der Waals surface area (Å²) in [7, 11) is 0. The molecule has 0 radical (unpaired) electrons. The van der Waals surface area contributed by atoms with Crippen LogP contribution < -0.4 is 0 Å². The van der Waals surface area contributed by atoms with Crippen LogP contribution in [-0.2, 0) is 9.59 Å². The van der Waals surface area contributed by atoms with Gasteiger partial charge in [0.05, 0.1) is 0 Å². The van der Waals surface area contributed by atoms with Crippen molar-refractivity contribution in [2.45, 2.75) is 117 Å². The van der Waals surface area contributed by atoms with Crippen molar-refractivity contribution in [3.05, 3.63) is 0 Å². The zero-order valence-corrected chi connectivity index (χ0v) is 17.2. The Labute approximate surface area is 196 Å². The van der Waals surface area contributed by atoms with Crippen LogP contribution in [0.15, 0.2) is 0 Å². The molecule has 0 rings (SSSR count). The Kier molecular flexibility index (Phi) is 22.8. The summed E-state index contributed by atoms with van der Waals surface area (Å²) in [6, 6.07) is 0. The predicted octanol–water partition coefficient (Wildman–Crippen LogP) is 5.75. The molecule has 0 spiro atoms. The average molecular weight is 413 g/mol. The third-order valence-electron chi connectivity index (χ3n) is 5.35. The van der Waals surface area contributed by atoms with Crippen molar-refractivity contribution in [3.8, 4) is 0 Å². The van der Waals surface area contributed by atoms with Crippen molar-refractivity contribution in [1.29, 1.82) is 0 Å². The van der Waals surface area contributed by atoms with Gasteiger partial charge in [-0.05, 0) is 12.3 Å². The summed E-state index contributed by atoms with van der Waals surface area (Å²) in [5.41, 5.74) is 0. The van der Waals surface area contributed by atoms with Crippen molar-refractivity contribution >= 4 is 49.7 Å². The molecule has 4 nitrogen and oxygen atoms in total. The molecule has 0 aromatic rings. The van der Waals surface area contributed by atoms with Gasteiger partial charge in [0.2, 0.25) is 0 Å². The summed E-state index contributed by atoms with van der Waals surface area (Å²) >= 11 is 0. The fourth-order valence-corrected chi connectivity index (χ4v) is 3.62. The second-order valence-electron chi connectivity index (χ2n) is 7.80. The maximum atomic E-state index is 11.2. The molecule has 0 aliphatic heterocycles. The Morgan fingerprint density at radius 1 is 0.630 bits per heavy atom. The Bertz CT molecular complexity index is 346. The van der Waals surface area contributed by atoms with Gasteiger partial charge in [-0.15, -0.1) is 0 Å². The number of hydrogen-bond acceptors (Lipinski definition) is 2. The first-order valence-corrected chi connectivity index (χ1v) is 11.0. The first-order chi connectivity index (χ1) is 12.5. The molecule has 27 heavy (non-hydrogen) atoms. The Morgan fingerprint density at radius 3 is 1.37 bits per heavy atom. The normalized spacial score (nSPS) is 12.0. The van der Waals surface area contributed by atoms with Crippen molar-refractivity contribution < 1.29 is 19.8 Å². The number of carboxylic acids is 2. The molecule has 0 aliphatic carbocycles. The molecule has 0 heterocycles. The van der Waals surface area contributed by atoms with E-state index in [1.54, 1.807) is 0 Å². The van der Waals surface area contributed by atoms with Gasteiger partial charge in [-0.2, -0.15) is 0 Å². The summed E-state index contributed by atoms with van der Waals surface area (Å²) < 4.78 is 0. The van der Waals surface area contributed by atoms with Crippen molar-refractivity contribution in [1.82, 2.24) is 0 Å². The second-order valence-corrected chi connectivity index (χ2v) is 7.80. The van der Waals surface area contributed by atoms with Crippen LogP contribution in [0.1, 0.15) is 117 Å². The molecular weight excluding hydrogens is 368 g/mol. The standard InChI is InChI=1S/C22H42O4.Ca.2H/c1-3-5-7-8-9-10-11-12-13-15-17-19(16-14-6-4-2)18-20(21(23)24)22(25)26;;;/h19-20H,3-18H2,1-2H3,(H,23,24)(H,25,26);;;. The van der Waals surface area contributed by atoms with E-state index in [1.807, 2.05) is 0 Å². The van der Waals surface area contributed by atoms with Crippen molar-refractivity contribution in [2.75, 3.05) is 0 Å². The Morgan fingerprint density at radius 2 is 0.963 bits per heavy atom. The third-order valence-corrected chi connectivity index (χ3v) is 5.35. The number of hydrogen-bond donors (Lipinski definition) is 2. The number of rotatable bonds is 19. The van der Waals surface area contributed by atoms with E-state index in [1.165, 1.54) is 57.8 Å². The Balaban J connectivity index is 0. The fraction of sp³-hybridized carbons (Fsp3) is 0.909. The minimum atomic E-state index is -1.25. The van der Waals surface area contributed by atoms with Crippen LogP contribution in [0.4, 0.5) is 0 Å². The molecule has 0 fully saturated rings. The predicted molar refractivity (Wildman–Crippen MR) is 116 cm³/mol. The van der Waals surface area contributed by atoms with Gasteiger partial charge in [-0.3, -0.25) is 9.59 Å². The van der Waals surface area contributed by atoms with E-state index in [9.17, 15) is 9.59 Å². The molecule has 0 saturated heterocycles. The summed E-state index contributed by atoms with van der Waals surface area (Å²) in [6.07, 6.45) is 18.4. The second kappa shape index (κ2) is 20.9. The molecule has 2 N–H and O–H groups in total. The minimum absolute atomic E-state index is 0. The van der Waals surface area contributed by atoms with E-state index in [0.717, 1.165) is 38.5 Å². The molecule has 0 aliphatic rings. The SMILES string of the molecule is CCCCCCCCCCCCC(CCCCC)CC(C(=O)O)C(=O)O.[CaH2]. The van der Waals surface area contributed by atoms with Crippen LogP contribution in [-0.4, -0.2) is 59.9 Å². The number of unbranched alkanes of at least 4 members (excludes halogenated alkanes) is 11. The molecule has 1 unspecified atom stereocenters. The van der Waals surface area contributed by atoms with Crippen molar-refractivity contribution in [3.63, 3.8) is 0 Å². The molecule has 1 atom stereocenters. The topological polar surface area (TPSA) is 74.6 Å². The van der Waals surface area contributed by atoms with Gasteiger partial charge < -0.3 is 10.2 Å². The third kappa shape index (κ3) is 18.0. The van der Waals surface area contributed by atoms with E-state index in [4.69, 9.17) is 10.2 Å². The van der Waals surface area contributed by atoms with Gasteiger partial charge in [0.25, 0.3) is 0 Å². The first-order valence-electron chi connectivity index (χ1n) is 11.0. The van der Waals surface area contributed by atoms with E-state index < -0.39 is 17.9 Å². The molecule has 0 aromatic carbocycles. The molecule has 0 aromatic heterocycles. The van der Waals surface area contributed by atoms with Crippen LogP contribution >= 0.6 is 0 Å². The van der Waals surface area contributed by atoms with E-state index in [-0.39, 0.29) is 50.1 Å². The zero-order valence-electron chi connectivity index (χ0n) is 17.2. The quantitative estimate of drug-likeness (QED) is 0.161. The number of carboxylic acid groups (broad SMARTS) is 2. The van der Waals surface area contributed by atoms with Gasteiger partial charge in [-0.25, -0.2) is 0 Å². The van der Waals surface area contributed by atoms with Crippen LogP contribution in [0.3, 0.4) is 0 Å². The molecule has 0 amide bonds. The molecule has 158 valence electrons. The summed E-state index contributed by atoms with van der Waals surface area (Å²) in [4.78, 5) is 22.3. The monoisotopic (exact) mass is 412 g/mol. The van der Waals surface area contributed by atoms with Gasteiger partial charge in [0.15, 0.2) is 5.92 Å². The van der Waals surface area contributed by atoms with Crippen LogP contribution in [0.2, 0.25) is 0 Å². The van der Waals surface area contributed by atoms with Gasteiger partial charge in [0.1, 0.15) is 0 Å². The first kappa shape index (κ1) is 29.4. The van der Waals surface area contributed by atoms with Crippen LogP contribution in [0, 0.1) is 11.8 Å². The van der Waals surface area contributed by atoms with Gasteiger partial charge in [0, 0.05) is 0 Å². The van der Waals surface area contributed by atoms with Crippen LogP contribution in [0.5, 0.6) is 0 Å². The van der Waals surface area contributed by atoms with Crippen molar-refractivity contribution in [2.24, 2.45) is 11.8 Å². The maximum absolute atomic E-state index is 11.2. The Hall–Kier alpha value is 0.200. The summed E-state index contributed by atoms with van der Waals surface area (Å²) in [6.45, 7) is 4.39. The summed E-state index contributed by atoms with van der Waals surface area (Å²) in [5, 5.41) is 18.3. The average Bonchev–Trinajstić information content (AvgIpc) is 2.60. The van der Waals surface area contributed by atoms with Gasteiger partial charge >= 0.3 is 49.7 Å². The molecule has 0 bridgehead atoms. The number of carbonyl (C=O) groups is 2. The van der Waals surface area contributed by atoms with Crippen LogP contribution in [0.25, 0.3) is 0 Å². The fourth-order valence-electron chi connectivity index (χ4n) is 3.62. The molecule has 0 saturated carbocycles. The van der Waals surface area contributed by atoms with E-state index >= 15 is 0 Å². The molecular formula is C22H44CaO4. The number of aliphatic carboxylic acids is 2. The van der Waals surface area contributed by atoms with E-state index in [0.29, 0.717) is 0 Å². The zero-order chi connectivity index (χ0) is 19.6. The summed E-state index contributed by atoms with van der Waals surface area (Å²) in [5.74, 6) is -3.40. The van der Waals surface area contributed by atoms with Gasteiger partial charge in [-0.1, -0.05) is 110 Å².